The number of nitrogens with two attached hydrogens (primary N) is 1. The topological polar surface area (TPSA) is 51.8 Å². The number of anilines is 1. The van der Waals surface area contributed by atoms with Crippen LogP contribution in [0.15, 0.2) is 22.7 Å². The summed E-state index contributed by atoms with van der Waals surface area (Å²) in [5.41, 5.74) is 7.40. The molecule has 100 valence electrons. The molecular weight excluding hydrogens is 424 g/mol. The summed E-state index contributed by atoms with van der Waals surface area (Å²) in [6.07, 6.45) is 0. The molecule has 0 unspecified atom stereocenters. The quantitative estimate of drug-likeness (QED) is 0.713. The van der Waals surface area contributed by atoms with Crippen LogP contribution in [0.4, 0.5) is 10.2 Å². The van der Waals surface area contributed by atoms with Crippen LogP contribution < -0.4 is 5.73 Å². The summed E-state index contributed by atoms with van der Waals surface area (Å²) in [6.45, 7) is 4.08. The lowest BCUT2D eigenvalue weighted by molar-refractivity contribution is 0.621. The summed E-state index contributed by atoms with van der Waals surface area (Å²) < 4.78 is 14.8. The Morgan fingerprint density at radius 2 is 2.00 bits per heavy atom. The zero-order chi connectivity index (χ0) is 14.2. The molecule has 1 aromatic heterocycles. The molecule has 2 rings (SSSR count). The second-order valence-corrected chi connectivity index (χ2v) is 6.35. The van der Waals surface area contributed by atoms with Crippen LogP contribution in [-0.2, 0) is 0 Å². The standard InChI is InChI=1S/C13H12BrFIN3/c1-6(2)11-10(16)12(17)19-13(18-11)7-3-4-8(14)9(15)5-7/h3-6H,1-2H3,(H2,17,18,19). The van der Waals surface area contributed by atoms with Crippen LogP contribution in [0.5, 0.6) is 0 Å². The fourth-order valence-electron chi connectivity index (χ4n) is 1.63. The maximum absolute atomic E-state index is 13.6. The molecule has 0 saturated heterocycles. The molecule has 0 atom stereocenters. The molecule has 0 amide bonds. The Morgan fingerprint density at radius 1 is 1.32 bits per heavy atom. The minimum Gasteiger partial charge on any atom is -0.383 e. The molecule has 0 saturated carbocycles. The highest BCUT2D eigenvalue weighted by atomic mass is 127. The highest BCUT2D eigenvalue weighted by molar-refractivity contribution is 14.1. The number of aromatic nitrogens is 2. The number of hydrogen-bond donors (Lipinski definition) is 1. The minimum atomic E-state index is -0.343. The highest BCUT2D eigenvalue weighted by Crippen LogP contribution is 2.28. The van der Waals surface area contributed by atoms with E-state index in [0.29, 0.717) is 21.7 Å². The molecule has 0 aliphatic carbocycles. The van der Waals surface area contributed by atoms with Crippen molar-refractivity contribution in [2.45, 2.75) is 19.8 Å². The third-order valence-corrected chi connectivity index (χ3v) is 4.38. The molecular formula is C13H12BrFIN3. The molecule has 2 N–H and O–H groups in total. The average Bonchev–Trinajstić information content (AvgIpc) is 2.35. The summed E-state index contributed by atoms with van der Waals surface area (Å²) in [5, 5.41) is 0. The predicted molar refractivity (Wildman–Crippen MR) is 86.3 cm³/mol. The second kappa shape index (κ2) is 5.70. The van der Waals surface area contributed by atoms with Crippen LogP contribution in [0, 0.1) is 9.39 Å². The maximum atomic E-state index is 13.6. The Morgan fingerprint density at radius 3 is 2.58 bits per heavy atom. The van der Waals surface area contributed by atoms with E-state index >= 15 is 0 Å². The van der Waals surface area contributed by atoms with Gasteiger partial charge in [-0.15, -0.1) is 0 Å². The Bertz CT molecular complexity index is 632. The van der Waals surface area contributed by atoms with Crippen LogP contribution in [0.3, 0.4) is 0 Å². The van der Waals surface area contributed by atoms with Crippen molar-refractivity contribution in [3.8, 4) is 11.4 Å². The lowest BCUT2D eigenvalue weighted by atomic mass is 10.1. The molecule has 2 aromatic rings. The number of hydrogen-bond acceptors (Lipinski definition) is 3. The molecule has 0 aliphatic rings. The fraction of sp³-hybridized carbons (Fsp3) is 0.231. The molecule has 0 radical (unpaired) electrons. The van der Waals surface area contributed by atoms with E-state index in [-0.39, 0.29) is 11.7 Å². The number of halogens is 3. The van der Waals surface area contributed by atoms with Crippen molar-refractivity contribution in [1.82, 2.24) is 9.97 Å². The zero-order valence-corrected chi connectivity index (χ0v) is 14.2. The molecule has 1 aromatic carbocycles. The van der Waals surface area contributed by atoms with Gasteiger partial charge >= 0.3 is 0 Å². The van der Waals surface area contributed by atoms with Gasteiger partial charge in [0, 0.05) is 5.56 Å². The summed E-state index contributed by atoms with van der Waals surface area (Å²) in [7, 11) is 0. The van der Waals surface area contributed by atoms with Gasteiger partial charge in [-0.05, 0) is 62.6 Å². The molecule has 3 nitrogen and oxygen atoms in total. The van der Waals surface area contributed by atoms with E-state index in [1.165, 1.54) is 6.07 Å². The van der Waals surface area contributed by atoms with Crippen molar-refractivity contribution < 1.29 is 4.39 Å². The highest BCUT2D eigenvalue weighted by Gasteiger charge is 2.14. The zero-order valence-electron chi connectivity index (χ0n) is 10.4. The maximum Gasteiger partial charge on any atom is 0.161 e. The summed E-state index contributed by atoms with van der Waals surface area (Å²) >= 11 is 5.26. The van der Waals surface area contributed by atoms with Crippen molar-refractivity contribution in [1.29, 1.82) is 0 Å². The van der Waals surface area contributed by atoms with E-state index in [9.17, 15) is 4.39 Å². The lowest BCUT2D eigenvalue weighted by Gasteiger charge is -2.11. The predicted octanol–water partition coefficient (Wildman–Crippen LogP) is 4.36. The average molecular weight is 436 g/mol. The van der Waals surface area contributed by atoms with Crippen molar-refractivity contribution in [2.24, 2.45) is 0 Å². The monoisotopic (exact) mass is 435 g/mol. The molecule has 19 heavy (non-hydrogen) atoms. The van der Waals surface area contributed by atoms with E-state index < -0.39 is 0 Å². The Balaban J connectivity index is 2.59. The van der Waals surface area contributed by atoms with Gasteiger partial charge in [0.25, 0.3) is 0 Å². The SMILES string of the molecule is CC(C)c1nc(-c2ccc(Br)c(F)c2)nc(N)c1I. The van der Waals surface area contributed by atoms with Crippen molar-refractivity contribution in [3.63, 3.8) is 0 Å². The Labute approximate surface area is 133 Å². The van der Waals surface area contributed by atoms with Crippen LogP contribution >= 0.6 is 38.5 Å². The van der Waals surface area contributed by atoms with E-state index in [0.717, 1.165) is 9.26 Å². The molecule has 0 bridgehead atoms. The van der Waals surface area contributed by atoms with Gasteiger partial charge < -0.3 is 5.73 Å². The summed E-state index contributed by atoms with van der Waals surface area (Å²) in [4.78, 5) is 8.73. The fourth-order valence-corrected chi connectivity index (χ4v) is 2.74. The van der Waals surface area contributed by atoms with Gasteiger partial charge in [-0.2, -0.15) is 0 Å². The summed E-state index contributed by atoms with van der Waals surface area (Å²) in [5.74, 6) is 0.770. The number of rotatable bonds is 2. The van der Waals surface area contributed by atoms with E-state index in [1.807, 2.05) is 13.8 Å². The second-order valence-electron chi connectivity index (χ2n) is 4.42. The largest absolute Gasteiger partial charge is 0.383 e. The molecule has 0 aliphatic heterocycles. The number of nitrogens with zero attached hydrogens (tertiary/aromatic N) is 2. The van der Waals surface area contributed by atoms with Gasteiger partial charge in [-0.1, -0.05) is 13.8 Å². The first-order valence-electron chi connectivity index (χ1n) is 5.68. The van der Waals surface area contributed by atoms with Gasteiger partial charge in [-0.25, -0.2) is 14.4 Å². The Kier molecular flexibility index (Phi) is 4.39. The lowest BCUT2D eigenvalue weighted by Crippen LogP contribution is -2.06. The Hall–Kier alpha value is -0.760. The van der Waals surface area contributed by atoms with Gasteiger partial charge in [0.15, 0.2) is 5.82 Å². The first kappa shape index (κ1) is 14.6. The van der Waals surface area contributed by atoms with Crippen molar-refractivity contribution in [2.75, 3.05) is 5.73 Å². The van der Waals surface area contributed by atoms with E-state index in [1.54, 1.807) is 12.1 Å². The van der Waals surface area contributed by atoms with Crippen LogP contribution in [0.25, 0.3) is 11.4 Å². The summed E-state index contributed by atoms with van der Waals surface area (Å²) in [6, 6.07) is 4.80. The first-order valence-corrected chi connectivity index (χ1v) is 7.55. The number of nitrogen functional groups attached to an aromatic ring is 1. The van der Waals surface area contributed by atoms with Gasteiger partial charge in [0.05, 0.1) is 13.7 Å². The molecule has 0 fully saturated rings. The van der Waals surface area contributed by atoms with Crippen molar-refractivity contribution >= 4 is 44.3 Å². The van der Waals surface area contributed by atoms with E-state index in [2.05, 4.69) is 48.5 Å². The van der Waals surface area contributed by atoms with Crippen molar-refractivity contribution in [3.05, 3.63) is 37.8 Å². The third-order valence-electron chi connectivity index (χ3n) is 2.63. The van der Waals surface area contributed by atoms with Crippen LogP contribution in [0.2, 0.25) is 0 Å². The first-order chi connectivity index (χ1) is 8.90. The van der Waals surface area contributed by atoms with Crippen LogP contribution in [0.1, 0.15) is 25.5 Å². The molecule has 1 heterocycles. The molecule has 0 spiro atoms. The number of benzene rings is 1. The van der Waals surface area contributed by atoms with Gasteiger partial charge in [0.2, 0.25) is 0 Å². The third kappa shape index (κ3) is 3.05. The smallest absolute Gasteiger partial charge is 0.161 e. The van der Waals surface area contributed by atoms with Gasteiger partial charge in [-0.3, -0.25) is 0 Å². The van der Waals surface area contributed by atoms with Crippen LogP contribution in [-0.4, -0.2) is 9.97 Å². The van der Waals surface area contributed by atoms with E-state index in [4.69, 9.17) is 5.73 Å². The normalized spacial score (nSPS) is 11.1. The minimum absolute atomic E-state index is 0.233. The van der Waals surface area contributed by atoms with Gasteiger partial charge in [0.1, 0.15) is 11.6 Å². The molecule has 6 heteroatoms.